The Labute approximate surface area is 204 Å². The van der Waals surface area contributed by atoms with Gasteiger partial charge in [-0.25, -0.2) is 0 Å². The van der Waals surface area contributed by atoms with Crippen molar-refractivity contribution < 1.29 is 19.2 Å². The molecule has 0 radical (unpaired) electrons. The molecule has 0 spiro atoms. The third kappa shape index (κ3) is 4.03. The highest BCUT2D eigenvalue weighted by molar-refractivity contribution is 6.15. The zero-order valence-corrected chi connectivity index (χ0v) is 18.8. The molecule has 178 valence electrons. The molecule has 1 atom stereocenters. The van der Waals surface area contributed by atoms with Crippen LogP contribution in [0.25, 0.3) is 11.8 Å². The van der Waals surface area contributed by atoms with Crippen LogP contribution < -0.4 is 15.9 Å². The Bertz CT molecular complexity index is 1570. The summed E-state index contributed by atoms with van der Waals surface area (Å²) in [5.41, 5.74) is 0.660. The molecule has 5 rings (SSSR count). The topological polar surface area (TPSA) is 140 Å². The third-order valence-electron chi connectivity index (χ3n) is 5.97. The lowest BCUT2D eigenvalue weighted by Gasteiger charge is -2.18. The summed E-state index contributed by atoms with van der Waals surface area (Å²) in [5.74, 6) is -2.78. The van der Waals surface area contributed by atoms with E-state index < -0.39 is 22.5 Å². The quantitative estimate of drug-likeness (QED) is 0.220. The van der Waals surface area contributed by atoms with Crippen LogP contribution in [0.3, 0.4) is 0 Å². The summed E-state index contributed by atoms with van der Waals surface area (Å²) in [7, 11) is 0. The maximum absolute atomic E-state index is 13.5. The van der Waals surface area contributed by atoms with Crippen molar-refractivity contribution in [3.63, 3.8) is 0 Å². The predicted octanol–water partition coefficient (Wildman–Crippen LogP) is 2.57. The van der Waals surface area contributed by atoms with E-state index >= 15 is 0 Å². The highest BCUT2D eigenvalue weighted by Gasteiger charge is 2.33. The molecule has 1 unspecified atom stereocenters. The van der Waals surface area contributed by atoms with Crippen LogP contribution in [0.2, 0.25) is 0 Å². The minimum Gasteiger partial charge on any atom is -0.464 e. The number of amides is 1. The first-order valence-electron chi connectivity index (χ1n) is 11.2. The van der Waals surface area contributed by atoms with Gasteiger partial charge in [-0.3, -0.25) is 24.4 Å². The van der Waals surface area contributed by atoms with Crippen molar-refractivity contribution in [2.75, 3.05) is 5.32 Å². The van der Waals surface area contributed by atoms with Crippen molar-refractivity contribution in [2.45, 2.75) is 18.9 Å². The lowest BCUT2D eigenvalue weighted by atomic mass is 9.98. The van der Waals surface area contributed by atoms with Gasteiger partial charge in [-0.2, -0.15) is 10.4 Å². The second-order valence-corrected chi connectivity index (χ2v) is 8.24. The molecular weight excluding hydrogens is 462 g/mol. The lowest BCUT2D eigenvalue weighted by Crippen LogP contribution is -2.39. The van der Waals surface area contributed by atoms with Gasteiger partial charge in [-0.15, -0.1) is 0 Å². The van der Waals surface area contributed by atoms with E-state index in [9.17, 15) is 25.0 Å². The highest BCUT2D eigenvalue weighted by Crippen LogP contribution is 2.24. The standard InChI is InChI=1S/C26H19N5O5/c27-14-20(26(33)28-16-7-6-10-18(13-16)31(34)35)25(32)23-21-15-36-22-12-5-4-11-19(22)24(21)30(29-23)17-8-2-1-3-9-17/h2-10,12-13,15,17,20H,1,11H2,(H,28,33). The van der Waals surface area contributed by atoms with Crippen LogP contribution >= 0.6 is 0 Å². The Balaban J connectivity index is 1.55. The van der Waals surface area contributed by atoms with E-state index in [1.165, 1.54) is 24.5 Å². The van der Waals surface area contributed by atoms with Crippen molar-refractivity contribution in [1.29, 1.82) is 5.26 Å². The molecule has 1 N–H and O–H groups in total. The van der Waals surface area contributed by atoms with Gasteiger partial charge in [-0.1, -0.05) is 42.5 Å². The fourth-order valence-electron chi connectivity index (χ4n) is 4.27. The average molecular weight is 481 g/mol. The van der Waals surface area contributed by atoms with E-state index in [1.54, 1.807) is 10.8 Å². The first-order chi connectivity index (χ1) is 17.5. The second-order valence-electron chi connectivity index (χ2n) is 8.24. The normalized spacial score (nSPS) is 16.5. The van der Waals surface area contributed by atoms with Gasteiger partial charge in [-0.05, 0) is 25.0 Å². The van der Waals surface area contributed by atoms with E-state index in [0.717, 1.165) is 18.1 Å². The van der Waals surface area contributed by atoms with E-state index in [2.05, 4.69) is 10.4 Å². The number of nitriles is 1. The third-order valence-corrected chi connectivity index (χ3v) is 5.97. The van der Waals surface area contributed by atoms with Crippen molar-refractivity contribution in [2.24, 2.45) is 5.92 Å². The number of nitrogens with one attached hydrogen (secondary N) is 1. The highest BCUT2D eigenvalue weighted by atomic mass is 16.6. The van der Waals surface area contributed by atoms with Gasteiger partial charge in [0.15, 0.2) is 5.92 Å². The minimum atomic E-state index is -1.73. The monoisotopic (exact) mass is 481 g/mol. The number of nitro groups is 1. The van der Waals surface area contributed by atoms with Gasteiger partial charge in [0.1, 0.15) is 17.7 Å². The molecule has 10 heteroatoms. The van der Waals surface area contributed by atoms with Crippen molar-refractivity contribution in [3.8, 4) is 6.07 Å². The Morgan fingerprint density at radius 2 is 2.08 bits per heavy atom. The van der Waals surface area contributed by atoms with Crippen LogP contribution in [0.1, 0.15) is 29.4 Å². The molecule has 1 aliphatic heterocycles. The van der Waals surface area contributed by atoms with Gasteiger partial charge in [0.25, 0.3) is 5.69 Å². The number of carbonyl (C=O) groups excluding carboxylic acids is 2. The fraction of sp³-hybridized carbons (Fsp3) is 0.154. The molecule has 0 saturated carbocycles. The minimum absolute atomic E-state index is 0.0563. The number of Topliss-reactive ketones (excluding diaryl/α,β-unsaturated/α-hetero) is 1. The van der Waals surface area contributed by atoms with Gasteiger partial charge in [0.2, 0.25) is 11.7 Å². The number of hydrogen-bond donors (Lipinski definition) is 1. The summed E-state index contributed by atoms with van der Waals surface area (Å²) in [4.78, 5) is 36.8. The summed E-state index contributed by atoms with van der Waals surface area (Å²) in [6.07, 6.45) is 16.4. The number of hydrogen-bond acceptors (Lipinski definition) is 7. The number of nitro benzene ring substituents is 1. The van der Waals surface area contributed by atoms with Crippen LogP contribution in [0.5, 0.6) is 0 Å². The number of nitrogens with zero attached hydrogens (tertiary/aromatic N) is 4. The smallest absolute Gasteiger partial charge is 0.271 e. The number of rotatable bonds is 6. The molecule has 2 aliphatic carbocycles. The number of aromatic nitrogens is 2. The zero-order valence-electron chi connectivity index (χ0n) is 18.8. The molecule has 2 aromatic rings. The Morgan fingerprint density at radius 3 is 2.83 bits per heavy atom. The molecule has 1 amide bonds. The van der Waals surface area contributed by atoms with Crippen LogP contribution in [0, 0.1) is 27.4 Å². The number of fused-ring (bicyclic) bond motifs is 2. The van der Waals surface area contributed by atoms with Gasteiger partial charge in [0, 0.05) is 23.4 Å². The number of allylic oxidation sites excluding steroid dienone is 8. The van der Waals surface area contributed by atoms with Gasteiger partial charge < -0.3 is 10.1 Å². The second kappa shape index (κ2) is 9.31. The van der Waals surface area contributed by atoms with Crippen LogP contribution in [-0.2, 0) is 9.53 Å². The molecule has 36 heavy (non-hydrogen) atoms. The predicted molar refractivity (Wildman–Crippen MR) is 129 cm³/mol. The molecule has 0 fully saturated rings. The summed E-state index contributed by atoms with van der Waals surface area (Å²) in [6.45, 7) is 0. The molecule has 0 saturated heterocycles. The fourth-order valence-corrected chi connectivity index (χ4v) is 4.27. The maximum atomic E-state index is 13.5. The largest absolute Gasteiger partial charge is 0.464 e. The van der Waals surface area contributed by atoms with Crippen LogP contribution in [0.15, 0.2) is 72.6 Å². The molecule has 10 nitrogen and oxygen atoms in total. The number of ether oxygens (including phenoxy) is 1. The van der Waals surface area contributed by atoms with E-state index in [1.807, 2.05) is 42.5 Å². The molecular formula is C26H19N5O5. The molecule has 1 aromatic heterocycles. The first-order valence-corrected chi connectivity index (χ1v) is 11.2. The summed E-state index contributed by atoms with van der Waals surface area (Å²) < 4.78 is 7.48. The summed E-state index contributed by atoms with van der Waals surface area (Å²) >= 11 is 0. The summed E-state index contributed by atoms with van der Waals surface area (Å²) in [5, 5.41) is 28.8. The van der Waals surface area contributed by atoms with Crippen molar-refractivity contribution in [1.82, 2.24) is 9.78 Å². The Kier molecular flexibility index (Phi) is 5.88. The first kappa shape index (κ1) is 22.7. The average Bonchev–Trinajstić information content (AvgIpc) is 3.30. The SMILES string of the molecule is N#CC(C(=O)Nc1cccc([N+](=O)[O-])c1)C(=O)c1nn(C2C=CCC=C2)c2c1=COC1=CC=CCC=21. The van der Waals surface area contributed by atoms with Gasteiger partial charge >= 0.3 is 0 Å². The maximum Gasteiger partial charge on any atom is 0.271 e. The zero-order chi connectivity index (χ0) is 25.2. The van der Waals surface area contributed by atoms with Crippen molar-refractivity contribution in [3.05, 3.63) is 98.9 Å². The number of non-ortho nitro benzene ring substituents is 1. The molecule has 3 aliphatic rings. The number of carbonyl (C=O) groups is 2. The van der Waals surface area contributed by atoms with Crippen molar-refractivity contribution >= 4 is 34.9 Å². The van der Waals surface area contributed by atoms with E-state index in [-0.39, 0.29) is 23.1 Å². The Morgan fingerprint density at radius 1 is 1.28 bits per heavy atom. The molecule has 2 heterocycles. The number of anilines is 1. The lowest BCUT2D eigenvalue weighted by molar-refractivity contribution is -0.384. The van der Waals surface area contributed by atoms with Crippen LogP contribution in [-0.4, -0.2) is 26.4 Å². The Hall–Kier alpha value is -5.04. The number of benzene rings is 1. The summed E-state index contributed by atoms with van der Waals surface area (Å²) in [6, 6.07) is 6.75. The molecule has 0 bridgehead atoms. The van der Waals surface area contributed by atoms with Crippen LogP contribution in [0.4, 0.5) is 11.4 Å². The van der Waals surface area contributed by atoms with E-state index in [4.69, 9.17) is 4.74 Å². The molecule has 1 aromatic carbocycles. The number of ketones is 1. The van der Waals surface area contributed by atoms with Gasteiger partial charge in [0.05, 0.1) is 27.6 Å². The van der Waals surface area contributed by atoms with E-state index in [0.29, 0.717) is 22.7 Å².